The number of hydrogen-bond donors (Lipinski definition) is 3. The minimum absolute atomic E-state index is 0.0138. The van der Waals surface area contributed by atoms with E-state index in [2.05, 4.69) is 10.6 Å². The molecule has 7 heteroatoms. The first-order valence-corrected chi connectivity index (χ1v) is 8.47. The summed E-state index contributed by atoms with van der Waals surface area (Å²) in [7, 11) is 0. The van der Waals surface area contributed by atoms with Crippen molar-refractivity contribution in [3.05, 3.63) is 0 Å². The van der Waals surface area contributed by atoms with Crippen molar-refractivity contribution in [1.29, 1.82) is 0 Å². The number of hydrogen-bond acceptors (Lipinski definition) is 4. The van der Waals surface area contributed by atoms with E-state index in [1.54, 1.807) is 0 Å². The minimum atomic E-state index is -0.388. The van der Waals surface area contributed by atoms with Crippen LogP contribution in [0.2, 0.25) is 0 Å². The molecule has 0 radical (unpaired) electrons. The molecular weight excluding hydrogens is 298 g/mol. The average Bonchev–Trinajstić information content (AvgIpc) is 3.42. The zero-order valence-electron chi connectivity index (χ0n) is 13.3. The van der Waals surface area contributed by atoms with Crippen LogP contribution in [0.25, 0.3) is 0 Å². The van der Waals surface area contributed by atoms with Crippen LogP contribution in [-0.2, 0) is 19.1 Å². The van der Waals surface area contributed by atoms with E-state index in [1.807, 2.05) is 0 Å². The SMILES string of the molecule is NC(=O)[C@@H]1C[C@@H]1C(=O)NCCC1(CNC(=O)C2CCCO2)CC1. The predicted molar refractivity (Wildman–Crippen MR) is 82.1 cm³/mol. The van der Waals surface area contributed by atoms with E-state index >= 15 is 0 Å². The molecule has 0 aromatic rings. The van der Waals surface area contributed by atoms with Crippen LogP contribution in [-0.4, -0.2) is 43.5 Å². The number of primary amides is 1. The van der Waals surface area contributed by atoms with Crippen molar-refractivity contribution < 1.29 is 19.1 Å². The maximum absolute atomic E-state index is 11.9. The van der Waals surface area contributed by atoms with Gasteiger partial charge in [0, 0.05) is 19.7 Å². The first-order valence-electron chi connectivity index (χ1n) is 8.47. The van der Waals surface area contributed by atoms with Crippen molar-refractivity contribution >= 4 is 17.7 Å². The summed E-state index contributed by atoms with van der Waals surface area (Å²) in [5.41, 5.74) is 5.30. The molecule has 1 unspecified atom stereocenters. The monoisotopic (exact) mass is 323 g/mol. The number of carbonyl (C=O) groups is 3. The van der Waals surface area contributed by atoms with Crippen molar-refractivity contribution in [2.24, 2.45) is 23.0 Å². The summed E-state index contributed by atoms with van der Waals surface area (Å²) in [6, 6.07) is 0. The third-order valence-corrected chi connectivity index (χ3v) is 5.26. The van der Waals surface area contributed by atoms with Crippen LogP contribution < -0.4 is 16.4 Å². The van der Waals surface area contributed by atoms with Crippen LogP contribution in [0.15, 0.2) is 0 Å². The molecule has 7 nitrogen and oxygen atoms in total. The molecule has 3 aliphatic rings. The third-order valence-electron chi connectivity index (χ3n) is 5.26. The van der Waals surface area contributed by atoms with Gasteiger partial charge in [-0.05, 0) is 43.9 Å². The maximum atomic E-state index is 11.9. The lowest BCUT2D eigenvalue weighted by molar-refractivity contribution is -0.130. The molecule has 3 atom stereocenters. The second kappa shape index (κ2) is 6.47. The summed E-state index contributed by atoms with van der Waals surface area (Å²) in [5.74, 6) is -0.994. The topological polar surface area (TPSA) is 111 Å². The molecule has 0 bridgehead atoms. The fourth-order valence-electron chi connectivity index (χ4n) is 3.25. The highest BCUT2D eigenvalue weighted by molar-refractivity contribution is 5.91. The van der Waals surface area contributed by atoms with Gasteiger partial charge in [-0.3, -0.25) is 14.4 Å². The number of ether oxygens (including phenoxy) is 1. The van der Waals surface area contributed by atoms with Gasteiger partial charge >= 0.3 is 0 Å². The van der Waals surface area contributed by atoms with E-state index in [-0.39, 0.29) is 41.1 Å². The largest absolute Gasteiger partial charge is 0.369 e. The summed E-state index contributed by atoms with van der Waals surface area (Å²) >= 11 is 0. The Labute approximate surface area is 135 Å². The lowest BCUT2D eigenvalue weighted by Gasteiger charge is -2.18. The molecule has 4 N–H and O–H groups in total. The predicted octanol–water partition coefficient (Wildman–Crippen LogP) is -0.310. The number of rotatable bonds is 8. The van der Waals surface area contributed by atoms with Gasteiger partial charge in [-0.25, -0.2) is 0 Å². The Morgan fingerprint density at radius 3 is 2.48 bits per heavy atom. The van der Waals surface area contributed by atoms with Crippen LogP contribution in [0.1, 0.15) is 38.5 Å². The standard InChI is InChI=1S/C16H25N3O4/c17-13(20)10-8-11(10)14(21)18-6-5-16(3-4-16)9-19-15(22)12-2-1-7-23-12/h10-12H,1-9H2,(H2,17,20)(H,18,21)(H,19,22)/t10-,11+,12?/m1/s1. The summed E-state index contributed by atoms with van der Waals surface area (Å²) in [6.45, 7) is 1.90. The Bertz CT molecular complexity index is 498. The molecular formula is C16H25N3O4. The van der Waals surface area contributed by atoms with Gasteiger partial charge in [-0.15, -0.1) is 0 Å². The first kappa shape index (κ1) is 16.2. The van der Waals surface area contributed by atoms with Crippen LogP contribution in [0.4, 0.5) is 0 Å². The molecule has 1 aliphatic heterocycles. The summed E-state index contributed by atoms with van der Waals surface area (Å²) in [4.78, 5) is 34.8. The van der Waals surface area contributed by atoms with Gasteiger partial charge in [-0.2, -0.15) is 0 Å². The van der Waals surface area contributed by atoms with E-state index in [0.29, 0.717) is 26.1 Å². The quantitative estimate of drug-likeness (QED) is 0.569. The summed E-state index contributed by atoms with van der Waals surface area (Å²) < 4.78 is 5.37. The van der Waals surface area contributed by atoms with Gasteiger partial charge < -0.3 is 21.1 Å². The number of nitrogens with one attached hydrogen (secondary N) is 2. The molecule has 128 valence electrons. The average molecular weight is 323 g/mol. The highest BCUT2D eigenvalue weighted by Crippen LogP contribution is 2.48. The van der Waals surface area contributed by atoms with Gasteiger partial charge in [0.15, 0.2) is 0 Å². The van der Waals surface area contributed by atoms with E-state index in [4.69, 9.17) is 10.5 Å². The van der Waals surface area contributed by atoms with Crippen LogP contribution in [0.3, 0.4) is 0 Å². The second-order valence-corrected chi connectivity index (χ2v) is 7.11. The Balaban J connectivity index is 1.33. The molecule has 0 spiro atoms. The van der Waals surface area contributed by atoms with Crippen molar-refractivity contribution in [3.8, 4) is 0 Å². The van der Waals surface area contributed by atoms with E-state index in [9.17, 15) is 14.4 Å². The van der Waals surface area contributed by atoms with Crippen molar-refractivity contribution in [1.82, 2.24) is 10.6 Å². The number of amides is 3. The first-order chi connectivity index (χ1) is 11.0. The fourth-order valence-corrected chi connectivity index (χ4v) is 3.25. The van der Waals surface area contributed by atoms with E-state index in [1.165, 1.54) is 0 Å². The smallest absolute Gasteiger partial charge is 0.249 e. The zero-order chi connectivity index (χ0) is 16.4. The van der Waals surface area contributed by atoms with Gasteiger partial charge in [0.2, 0.25) is 17.7 Å². The van der Waals surface area contributed by atoms with E-state index < -0.39 is 0 Å². The van der Waals surface area contributed by atoms with Gasteiger partial charge in [0.25, 0.3) is 0 Å². The normalized spacial score (nSPS) is 30.5. The van der Waals surface area contributed by atoms with Crippen molar-refractivity contribution in [3.63, 3.8) is 0 Å². The molecule has 3 fully saturated rings. The van der Waals surface area contributed by atoms with Crippen molar-refractivity contribution in [2.45, 2.75) is 44.6 Å². The molecule has 3 amide bonds. The highest BCUT2D eigenvalue weighted by atomic mass is 16.5. The van der Waals surface area contributed by atoms with Gasteiger partial charge in [0.1, 0.15) is 6.10 Å². The second-order valence-electron chi connectivity index (χ2n) is 7.11. The fraction of sp³-hybridized carbons (Fsp3) is 0.812. The Kier molecular flexibility index (Phi) is 4.57. The van der Waals surface area contributed by atoms with Gasteiger partial charge in [-0.1, -0.05) is 0 Å². The minimum Gasteiger partial charge on any atom is -0.369 e. The van der Waals surface area contributed by atoms with Crippen LogP contribution >= 0.6 is 0 Å². The lowest BCUT2D eigenvalue weighted by Crippen LogP contribution is -2.38. The molecule has 2 aliphatic carbocycles. The highest BCUT2D eigenvalue weighted by Gasteiger charge is 2.47. The summed E-state index contributed by atoms with van der Waals surface area (Å²) in [6.07, 6.45) is 5.03. The van der Waals surface area contributed by atoms with Gasteiger partial charge in [0.05, 0.1) is 11.8 Å². The third kappa shape index (κ3) is 4.02. The molecule has 3 rings (SSSR count). The molecule has 0 aromatic heterocycles. The Morgan fingerprint density at radius 2 is 1.91 bits per heavy atom. The summed E-state index contributed by atoms with van der Waals surface area (Å²) in [5, 5.41) is 5.87. The van der Waals surface area contributed by atoms with E-state index in [0.717, 1.165) is 32.1 Å². The number of nitrogens with two attached hydrogens (primary N) is 1. The molecule has 2 saturated carbocycles. The maximum Gasteiger partial charge on any atom is 0.249 e. The Morgan fingerprint density at radius 1 is 1.13 bits per heavy atom. The van der Waals surface area contributed by atoms with Crippen molar-refractivity contribution in [2.75, 3.05) is 19.7 Å². The lowest BCUT2D eigenvalue weighted by atomic mass is 10.0. The molecule has 1 saturated heterocycles. The Hall–Kier alpha value is -1.63. The molecule has 0 aromatic carbocycles. The van der Waals surface area contributed by atoms with Crippen LogP contribution in [0.5, 0.6) is 0 Å². The molecule has 23 heavy (non-hydrogen) atoms. The number of carbonyl (C=O) groups excluding carboxylic acids is 3. The zero-order valence-corrected chi connectivity index (χ0v) is 13.3. The molecule has 1 heterocycles. The van der Waals surface area contributed by atoms with Crippen LogP contribution in [0, 0.1) is 17.3 Å².